The van der Waals surface area contributed by atoms with Crippen LogP contribution in [0.25, 0.3) is 0 Å². The van der Waals surface area contributed by atoms with Crippen molar-refractivity contribution in [3.63, 3.8) is 0 Å². The lowest BCUT2D eigenvalue weighted by Gasteiger charge is -2.31. The lowest BCUT2D eigenvalue weighted by molar-refractivity contribution is 0.0791. The van der Waals surface area contributed by atoms with E-state index in [1.54, 1.807) is 12.0 Å². The van der Waals surface area contributed by atoms with Crippen LogP contribution in [0, 0.1) is 0 Å². The van der Waals surface area contributed by atoms with Crippen molar-refractivity contribution in [2.24, 2.45) is 0 Å². The van der Waals surface area contributed by atoms with Gasteiger partial charge in [-0.25, -0.2) is 4.79 Å². The average Bonchev–Trinajstić information content (AvgIpc) is 2.48. The highest BCUT2D eigenvalue weighted by Crippen LogP contribution is 2.22. The van der Waals surface area contributed by atoms with Gasteiger partial charge < -0.3 is 19.1 Å². The Kier molecular flexibility index (Phi) is 4.49. The minimum atomic E-state index is -0.261. The van der Waals surface area contributed by atoms with Crippen LogP contribution in [0.2, 0.25) is 0 Å². The monoisotopic (exact) mass is 265 g/mol. The number of amides is 1. The maximum Gasteiger partial charge on any atom is 0.409 e. The number of ether oxygens (including phenoxy) is 3. The molecule has 0 aliphatic carbocycles. The van der Waals surface area contributed by atoms with Crippen LogP contribution < -0.4 is 9.47 Å². The Balaban J connectivity index is 1.83. The third-order valence-electron chi connectivity index (χ3n) is 3.24. The molecule has 0 radical (unpaired) electrons. The molecular weight excluding hydrogens is 246 g/mol. The molecule has 5 heteroatoms. The van der Waals surface area contributed by atoms with E-state index in [1.807, 2.05) is 24.3 Å². The van der Waals surface area contributed by atoms with Crippen LogP contribution in [0.5, 0.6) is 11.5 Å². The first kappa shape index (κ1) is 13.5. The topological polar surface area (TPSA) is 48.0 Å². The van der Waals surface area contributed by atoms with E-state index >= 15 is 0 Å². The summed E-state index contributed by atoms with van der Waals surface area (Å²) in [5.74, 6) is 1.64. The molecule has 0 saturated carbocycles. The fraction of sp³-hybridized carbons (Fsp3) is 0.500. The Hall–Kier alpha value is -1.91. The van der Waals surface area contributed by atoms with Crippen molar-refractivity contribution in [1.29, 1.82) is 0 Å². The predicted octanol–water partition coefficient (Wildman–Crippen LogP) is 2.30. The minimum absolute atomic E-state index is 0.148. The van der Waals surface area contributed by atoms with Crippen molar-refractivity contribution in [3.05, 3.63) is 24.3 Å². The Labute approximate surface area is 113 Å². The van der Waals surface area contributed by atoms with Gasteiger partial charge in [0.15, 0.2) is 0 Å². The molecule has 0 N–H and O–H groups in total. The maximum absolute atomic E-state index is 11.4. The number of piperidine rings is 1. The summed E-state index contributed by atoms with van der Waals surface area (Å²) in [6.45, 7) is 1.35. The third kappa shape index (κ3) is 3.53. The van der Waals surface area contributed by atoms with Gasteiger partial charge >= 0.3 is 6.09 Å². The van der Waals surface area contributed by atoms with Crippen LogP contribution in [0.3, 0.4) is 0 Å². The molecule has 2 rings (SSSR count). The van der Waals surface area contributed by atoms with E-state index in [1.165, 1.54) is 7.11 Å². The van der Waals surface area contributed by atoms with Crippen molar-refractivity contribution in [2.45, 2.75) is 18.9 Å². The fourth-order valence-electron chi connectivity index (χ4n) is 2.13. The molecule has 0 bridgehead atoms. The molecule has 0 unspecified atom stereocenters. The summed E-state index contributed by atoms with van der Waals surface area (Å²) in [5, 5.41) is 0. The quantitative estimate of drug-likeness (QED) is 0.841. The van der Waals surface area contributed by atoms with Gasteiger partial charge in [0.2, 0.25) is 0 Å². The number of hydrogen-bond donors (Lipinski definition) is 0. The molecule has 1 fully saturated rings. The second-order valence-corrected chi connectivity index (χ2v) is 4.45. The van der Waals surface area contributed by atoms with E-state index in [9.17, 15) is 4.79 Å². The summed E-state index contributed by atoms with van der Waals surface area (Å²) in [5.41, 5.74) is 0. The van der Waals surface area contributed by atoms with E-state index in [0.717, 1.165) is 24.3 Å². The molecule has 1 heterocycles. The molecule has 1 aliphatic heterocycles. The number of carbonyl (C=O) groups is 1. The van der Waals surface area contributed by atoms with Crippen LogP contribution in [-0.2, 0) is 4.74 Å². The van der Waals surface area contributed by atoms with Gasteiger partial charge in [-0.3, -0.25) is 0 Å². The third-order valence-corrected chi connectivity index (χ3v) is 3.24. The Morgan fingerprint density at radius 2 is 1.68 bits per heavy atom. The SMILES string of the molecule is COC(=O)N1CCC(Oc2ccc(OC)cc2)CC1. The zero-order valence-corrected chi connectivity index (χ0v) is 11.3. The van der Waals surface area contributed by atoms with Crippen molar-refractivity contribution in [3.8, 4) is 11.5 Å². The van der Waals surface area contributed by atoms with E-state index in [4.69, 9.17) is 14.2 Å². The van der Waals surface area contributed by atoms with Gasteiger partial charge in [-0.1, -0.05) is 0 Å². The van der Waals surface area contributed by atoms with Gasteiger partial charge in [0.05, 0.1) is 14.2 Å². The number of methoxy groups -OCH3 is 2. The Morgan fingerprint density at radius 3 is 2.21 bits per heavy atom. The predicted molar refractivity (Wildman–Crippen MR) is 70.6 cm³/mol. The van der Waals surface area contributed by atoms with Gasteiger partial charge in [-0.15, -0.1) is 0 Å². The van der Waals surface area contributed by atoms with Gasteiger partial charge in [-0.2, -0.15) is 0 Å². The molecule has 0 atom stereocenters. The fourth-order valence-corrected chi connectivity index (χ4v) is 2.13. The normalized spacial score (nSPS) is 16.0. The molecular formula is C14H19NO4. The van der Waals surface area contributed by atoms with E-state index in [2.05, 4.69) is 0 Å². The maximum atomic E-state index is 11.4. The number of likely N-dealkylation sites (tertiary alicyclic amines) is 1. The largest absolute Gasteiger partial charge is 0.497 e. The highest BCUT2D eigenvalue weighted by Gasteiger charge is 2.24. The van der Waals surface area contributed by atoms with E-state index < -0.39 is 0 Å². The van der Waals surface area contributed by atoms with Crippen LogP contribution in [-0.4, -0.2) is 44.4 Å². The summed E-state index contributed by atoms with van der Waals surface area (Å²) in [6.07, 6.45) is 1.53. The number of carbonyl (C=O) groups excluding carboxylic acids is 1. The van der Waals surface area contributed by atoms with Gasteiger partial charge in [-0.05, 0) is 24.3 Å². The first-order valence-corrected chi connectivity index (χ1v) is 6.36. The number of rotatable bonds is 3. The summed E-state index contributed by atoms with van der Waals surface area (Å²) >= 11 is 0. The van der Waals surface area contributed by atoms with Crippen molar-refractivity contribution in [1.82, 2.24) is 4.90 Å². The molecule has 19 heavy (non-hydrogen) atoms. The van der Waals surface area contributed by atoms with Crippen LogP contribution in [0.1, 0.15) is 12.8 Å². The molecule has 1 aromatic rings. The Morgan fingerprint density at radius 1 is 1.11 bits per heavy atom. The molecule has 5 nitrogen and oxygen atoms in total. The van der Waals surface area contributed by atoms with Crippen molar-refractivity contribution >= 4 is 6.09 Å². The highest BCUT2D eigenvalue weighted by molar-refractivity contribution is 5.67. The minimum Gasteiger partial charge on any atom is -0.497 e. The molecule has 1 aliphatic rings. The van der Waals surface area contributed by atoms with Gasteiger partial charge in [0, 0.05) is 25.9 Å². The lowest BCUT2D eigenvalue weighted by atomic mass is 10.1. The van der Waals surface area contributed by atoms with Crippen LogP contribution in [0.4, 0.5) is 4.79 Å². The molecule has 0 spiro atoms. The molecule has 1 aromatic carbocycles. The zero-order chi connectivity index (χ0) is 13.7. The highest BCUT2D eigenvalue weighted by atomic mass is 16.5. The average molecular weight is 265 g/mol. The van der Waals surface area contributed by atoms with Crippen molar-refractivity contribution in [2.75, 3.05) is 27.3 Å². The standard InChI is InChI=1S/C14H19NO4/c1-17-11-3-5-12(6-4-11)19-13-7-9-15(10-8-13)14(16)18-2/h3-6,13H,7-10H2,1-2H3. The van der Waals surface area contributed by atoms with Gasteiger partial charge in [0.1, 0.15) is 17.6 Å². The second kappa shape index (κ2) is 6.31. The first-order valence-electron chi connectivity index (χ1n) is 6.36. The molecule has 104 valence electrons. The molecule has 1 amide bonds. The molecule has 1 saturated heterocycles. The van der Waals surface area contributed by atoms with E-state index in [0.29, 0.717) is 13.1 Å². The first-order chi connectivity index (χ1) is 9.22. The van der Waals surface area contributed by atoms with Gasteiger partial charge in [0.25, 0.3) is 0 Å². The number of hydrogen-bond acceptors (Lipinski definition) is 4. The summed E-state index contributed by atoms with van der Waals surface area (Å²) < 4.78 is 15.7. The lowest BCUT2D eigenvalue weighted by Crippen LogP contribution is -2.41. The zero-order valence-electron chi connectivity index (χ0n) is 11.3. The molecule has 0 aromatic heterocycles. The summed E-state index contributed by atoms with van der Waals surface area (Å²) in [7, 11) is 3.04. The van der Waals surface area contributed by atoms with Crippen molar-refractivity contribution < 1.29 is 19.0 Å². The van der Waals surface area contributed by atoms with E-state index in [-0.39, 0.29) is 12.2 Å². The summed E-state index contributed by atoms with van der Waals surface area (Å²) in [6, 6.07) is 7.54. The second-order valence-electron chi connectivity index (χ2n) is 4.45. The number of nitrogens with zero attached hydrogens (tertiary/aromatic N) is 1. The smallest absolute Gasteiger partial charge is 0.409 e. The van der Waals surface area contributed by atoms with Crippen LogP contribution in [0.15, 0.2) is 24.3 Å². The number of benzene rings is 1. The Bertz CT molecular complexity index is 410. The van der Waals surface area contributed by atoms with Crippen LogP contribution >= 0.6 is 0 Å². The summed E-state index contributed by atoms with van der Waals surface area (Å²) in [4.78, 5) is 13.1.